The summed E-state index contributed by atoms with van der Waals surface area (Å²) in [6, 6.07) is 12.4. The van der Waals surface area contributed by atoms with E-state index in [1.54, 1.807) is 17.0 Å². The van der Waals surface area contributed by atoms with Gasteiger partial charge in [-0.15, -0.1) is 0 Å². The van der Waals surface area contributed by atoms with Crippen molar-refractivity contribution >= 4 is 11.8 Å². The van der Waals surface area contributed by atoms with Crippen LogP contribution in [0.25, 0.3) is 0 Å². The van der Waals surface area contributed by atoms with Crippen LogP contribution in [0.3, 0.4) is 0 Å². The van der Waals surface area contributed by atoms with Gasteiger partial charge in [-0.05, 0) is 43.5 Å². The van der Waals surface area contributed by atoms with Crippen molar-refractivity contribution in [3.63, 3.8) is 0 Å². The van der Waals surface area contributed by atoms with Crippen LogP contribution in [-0.2, 0) is 4.79 Å². The van der Waals surface area contributed by atoms with Gasteiger partial charge in [0.15, 0.2) is 5.76 Å². The Morgan fingerprint density at radius 2 is 2.00 bits per heavy atom. The largest absolute Gasteiger partial charge is 0.459 e. The number of benzene rings is 1. The average Bonchev–Trinajstić information content (AvgIpc) is 3.20. The SMILES string of the molecule is O=C(NCC#Cc1ccccc1)C1CCCCN1C(=O)c1ccco1. The molecule has 1 saturated heterocycles. The minimum Gasteiger partial charge on any atom is -0.459 e. The second-order valence-electron chi connectivity index (χ2n) is 5.87. The molecular weight excluding hydrogens is 316 g/mol. The summed E-state index contributed by atoms with van der Waals surface area (Å²) in [4.78, 5) is 26.6. The van der Waals surface area contributed by atoms with Gasteiger partial charge in [0.1, 0.15) is 6.04 Å². The molecule has 3 rings (SSSR count). The van der Waals surface area contributed by atoms with Crippen LogP contribution in [0.15, 0.2) is 53.1 Å². The van der Waals surface area contributed by atoms with Crippen LogP contribution >= 0.6 is 0 Å². The van der Waals surface area contributed by atoms with Crippen LogP contribution in [0.4, 0.5) is 0 Å². The zero-order valence-electron chi connectivity index (χ0n) is 13.9. The maximum Gasteiger partial charge on any atom is 0.290 e. The van der Waals surface area contributed by atoms with E-state index in [2.05, 4.69) is 17.2 Å². The van der Waals surface area contributed by atoms with E-state index >= 15 is 0 Å². The molecule has 25 heavy (non-hydrogen) atoms. The predicted octanol–water partition coefficient (Wildman–Crippen LogP) is 2.44. The van der Waals surface area contributed by atoms with Gasteiger partial charge in [-0.3, -0.25) is 9.59 Å². The summed E-state index contributed by atoms with van der Waals surface area (Å²) in [6.45, 7) is 0.820. The third-order valence-corrected chi connectivity index (χ3v) is 4.16. The van der Waals surface area contributed by atoms with Crippen LogP contribution in [0.1, 0.15) is 35.4 Å². The Morgan fingerprint density at radius 3 is 2.76 bits per heavy atom. The van der Waals surface area contributed by atoms with Crippen molar-refractivity contribution in [2.24, 2.45) is 0 Å². The summed E-state index contributed by atoms with van der Waals surface area (Å²) in [5.41, 5.74) is 0.907. The zero-order valence-corrected chi connectivity index (χ0v) is 13.9. The molecule has 0 saturated carbocycles. The van der Waals surface area contributed by atoms with Gasteiger partial charge in [-0.2, -0.15) is 0 Å². The number of amides is 2. The van der Waals surface area contributed by atoms with Gasteiger partial charge in [-0.1, -0.05) is 30.0 Å². The Morgan fingerprint density at radius 1 is 1.16 bits per heavy atom. The van der Waals surface area contributed by atoms with Crippen molar-refractivity contribution in [1.82, 2.24) is 10.2 Å². The first-order valence-corrected chi connectivity index (χ1v) is 8.42. The molecule has 1 fully saturated rings. The van der Waals surface area contributed by atoms with Gasteiger partial charge >= 0.3 is 0 Å². The molecule has 128 valence electrons. The molecule has 0 bridgehead atoms. The number of carbonyl (C=O) groups excluding carboxylic acids is 2. The number of piperidine rings is 1. The fourth-order valence-electron chi connectivity index (χ4n) is 2.91. The van der Waals surface area contributed by atoms with Crippen molar-refractivity contribution in [3.05, 3.63) is 60.1 Å². The highest BCUT2D eigenvalue weighted by Crippen LogP contribution is 2.20. The third-order valence-electron chi connectivity index (χ3n) is 4.16. The molecule has 1 atom stereocenters. The van der Waals surface area contributed by atoms with Crippen molar-refractivity contribution in [2.45, 2.75) is 25.3 Å². The van der Waals surface area contributed by atoms with Gasteiger partial charge in [0.05, 0.1) is 12.8 Å². The lowest BCUT2D eigenvalue weighted by Gasteiger charge is -2.33. The summed E-state index contributed by atoms with van der Waals surface area (Å²) in [7, 11) is 0. The van der Waals surface area contributed by atoms with Crippen molar-refractivity contribution < 1.29 is 14.0 Å². The Labute approximate surface area is 147 Å². The van der Waals surface area contributed by atoms with E-state index < -0.39 is 6.04 Å². The number of hydrogen-bond donors (Lipinski definition) is 1. The predicted molar refractivity (Wildman–Crippen MR) is 93.7 cm³/mol. The minimum absolute atomic E-state index is 0.165. The minimum atomic E-state index is -0.468. The first-order valence-electron chi connectivity index (χ1n) is 8.42. The van der Waals surface area contributed by atoms with Gasteiger partial charge < -0.3 is 14.6 Å². The summed E-state index contributed by atoms with van der Waals surface area (Å²) >= 11 is 0. The molecule has 1 aliphatic rings. The van der Waals surface area contributed by atoms with E-state index in [1.165, 1.54) is 6.26 Å². The Bertz CT molecular complexity index is 772. The summed E-state index contributed by atoms with van der Waals surface area (Å²) < 4.78 is 5.18. The van der Waals surface area contributed by atoms with E-state index in [0.29, 0.717) is 13.0 Å². The molecule has 1 unspecified atom stereocenters. The molecule has 2 aromatic rings. The number of nitrogens with one attached hydrogen (secondary N) is 1. The van der Waals surface area contributed by atoms with Crippen molar-refractivity contribution in [1.29, 1.82) is 0 Å². The normalized spacial score (nSPS) is 16.6. The van der Waals surface area contributed by atoms with E-state index in [4.69, 9.17) is 4.42 Å². The van der Waals surface area contributed by atoms with Crippen LogP contribution in [0.2, 0.25) is 0 Å². The summed E-state index contributed by atoms with van der Waals surface area (Å²) in [5, 5.41) is 2.82. The fraction of sp³-hybridized carbons (Fsp3) is 0.300. The zero-order chi connectivity index (χ0) is 17.5. The van der Waals surface area contributed by atoms with Gasteiger partial charge in [0.25, 0.3) is 5.91 Å². The molecule has 1 N–H and O–H groups in total. The summed E-state index contributed by atoms with van der Waals surface area (Å²) in [6.07, 6.45) is 3.94. The molecule has 1 aliphatic heterocycles. The van der Waals surface area contributed by atoms with Crippen LogP contribution in [0.5, 0.6) is 0 Å². The quantitative estimate of drug-likeness (QED) is 0.876. The molecule has 2 heterocycles. The number of likely N-dealkylation sites (tertiary alicyclic amines) is 1. The standard InChI is InChI=1S/C20H20N2O3/c23-19(21-13-6-10-16-8-2-1-3-9-16)17-11-4-5-14-22(17)20(24)18-12-7-15-25-18/h1-3,7-9,12,15,17H,4-5,11,13-14H2,(H,21,23). The topological polar surface area (TPSA) is 62.6 Å². The Kier molecular flexibility index (Phi) is 5.53. The second-order valence-corrected chi connectivity index (χ2v) is 5.87. The Balaban J connectivity index is 1.59. The maximum absolute atomic E-state index is 12.5. The highest BCUT2D eigenvalue weighted by molar-refractivity contribution is 5.95. The molecule has 0 spiro atoms. The highest BCUT2D eigenvalue weighted by Gasteiger charge is 2.33. The number of nitrogens with zero attached hydrogens (tertiary/aromatic N) is 1. The van der Waals surface area contributed by atoms with Crippen LogP contribution < -0.4 is 5.32 Å². The maximum atomic E-state index is 12.5. The average molecular weight is 336 g/mol. The first kappa shape index (κ1) is 16.8. The number of rotatable bonds is 3. The van der Waals surface area contributed by atoms with Crippen LogP contribution in [-0.4, -0.2) is 35.8 Å². The molecule has 1 aromatic carbocycles. The second kappa shape index (κ2) is 8.20. The number of carbonyl (C=O) groups is 2. The van der Waals surface area contributed by atoms with E-state index in [1.807, 2.05) is 30.3 Å². The van der Waals surface area contributed by atoms with Crippen LogP contribution in [0, 0.1) is 11.8 Å². The molecule has 2 amide bonds. The van der Waals surface area contributed by atoms with Gasteiger partial charge in [0.2, 0.25) is 5.91 Å². The highest BCUT2D eigenvalue weighted by atomic mass is 16.3. The lowest BCUT2D eigenvalue weighted by molar-refractivity contribution is -0.126. The molecule has 5 heteroatoms. The first-order chi connectivity index (χ1) is 12.3. The van der Waals surface area contributed by atoms with Crippen molar-refractivity contribution in [3.8, 4) is 11.8 Å². The molecule has 1 aromatic heterocycles. The van der Waals surface area contributed by atoms with E-state index in [-0.39, 0.29) is 24.1 Å². The number of furan rings is 1. The molecule has 0 aliphatic carbocycles. The third kappa shape index (κ3) is 4.30. The monoisotopic (exact) mass is 336 g/mol. The summed E-state index contributed by atoms with van der Waals surface area (Å²) in [5.74, 6) is 5.80. The molecule has 0 radical (unpaired) electrons. The Hall–Kier alpha value is -3.00. The lowest BCUT2D eigenvalue weighted by Crippen LogP contribution is -2.51. The lowest BCUT2D eigenvalue weighted by atomic mass is 10.0. The fourth-order valence-corrected chi connectivity index (χ4v) is 2.91. The smallest absolute Gasteiger partial charge is 0.290 e. The van der Waals surface area contributed by atoms with E-state index in [0.717, 1.165) is 18.4 Å². The van der Waals surface area contributed by atoms with Gasteiger partial charge in [0, 0.05) is 12.1 Å². The number of hydrogen-bond acceptors (Lipinski definition) is 3. The molecular formula is C20H20N2O3. The van der Waals surface area contributed by atoms with Crippen molar-refractivity contribution in [2.75, 3.05) is 13.1 Å². The molecule has 5 nitrogen and oxygen atoms in total. The van der Waals surface area contributed by atoms with Gasteiger partial charge in [-0.25, -0.2) is 0 Å². The van der Waals surface area contributed by atoms with E-state index in [9.17, 15) is 9.59 Å².